The SMILES string of the molecule is O=C(CCCCCNC(=O)c1ccc2c(c1)C(=O)OC21c2ccc(O)cc2Oc2cc(O)ccc21)NCC=Cc1cn([C@H]2C[C@H](O)[C@@H](COP(=O)(O)OP(=O)(O)OP(=O)(O)O)O2)c(=O)[nH]c1=O. The van der Waals surface area contributed by atoms with Crippen molar-refractivity contribution in [2.24, 2.45) is 0 Å². The van der Waals surface area contributed by atoms with Crippen LogP contribution in [0.15, 0.2) is 76.5 Å². The number of carbonyl (C=O) groups excluding carboxylic acids is 3. The molecule has 358 valence electrons. The minimum atomic E-state index is -5.79. The molecule has 3 aliphatic heterocycles. The number of aliphatic hydroxyl groups excluding tert-OH is 1. The van der Waals surface area contributed by atoms with Gasteiger partial charge in [0.25, 0.3) is 11.5 Å². The zero-order chi connectivity index (χ0) is 48.5. The number of aromatic hydroxyl groups is 2. The number of aromatic amines is 1. The highest BCUT2D eigenvalue weighted by molar-refractivity contribution is 7.66. The number of H-pyrrole nitrogens is 1. The quantitative estimate of drug-likeness (QED) is 0.0389. The minimum absolute atomic E-state index is 0.00973. The summed E-state index contributed by atoms with van der Waals surface area (Å²) in [7, 11) is -16.9. The molecule has 0 saturated carbocycles. The lowest BCUT2D eigenvalue weighted by Crippen LogP contribution is -2.33. The van der Waals surface area contributed by atoms with Crippen LogP contribution in [0, 0.1) is 0 Å². The van der Waals surface area contributed by atoms with E-state index in [2.05, 4.69) is 28.8 Å². The van der Waals surface area contributed by atoms with Crippen LogP contribution in [0.1, 0.15) is 81.3 Å². The Labute approximate surface area is 377 Å². The normalized spacial score (nSPS) is 20.0. The van der Waals surface area contributed by atoms with Gasteiger partial charge in [-0.15, -0.1) is 0 Å². The Bertz CT molecular complexity index is 2860. The maximum atomic E-state index is 13.4. The third-order valence-corrected chi connectivity index (χ3v) is 14.2. The molecule has 3 aromatic carbocycles. The van der Waals surface area contributed by atoms with Crippen LogP contribution in [0.25, 0.3) is 6.08 Å². The van der Waals surface area contributed by atoms with Crippen LogP contribution in [0.4, 0.5) is 0 Å². The predicted octanol–water partition coefficient (Wildman–Crippen LogP) is 2.63. The van der Waals surface area contributed by atoms with Crippen LogP contribution in [0.5, 0.6) is 23.0 Å². The van der Waals surface area contributed by atoms with E-state index in [-0.39, 0.29) is 71.5 Å². The number of phenolic OH excluding ortho intramolecular Hbond substituents is 2. The van der Waals surface area contributed by atoms with Gasteiger partial charge >= 0.3 is 35.1 Å². The first-order valence-corrected chi connectivity index (χ1v) is 24.5. The Morgan fingerprint density at radius 2 is 1.54 bits per heavy atom. The van der Waals surface area contributed by atoms with Crippen molar-refractivity contribution < 1.29 is 90.3 Å². The van der Waals surface area contributed by atoms with E-state index in [9.17, 15) is 62.8 Å². The molecule has 28 heteroatoms. The number of carbonyl (C=O) groups is 3. The number of unbranched alkanes of at least 4 members (excludes halogenated alkanes) is 2. The molecule has 0 radical (unpaired) electrons. The number of benzene rings is 3. The number of rotatable bonds is 18. The summed E-state index contributed by atoms with van der Waals surface area (Å²) in [4.78, 5) is 102. The average molecular weight is 995 g/mol. The van der Waals surface area contributed by atoms with Crippen molar-refractivity contribution in [1.82, 2.24) is 20.2 Å². The minimum Gasteiger partial charge on any atom is -0.508 e. The highest BCUT2D eigenvalue weighted by Gasteiger charge is 2.54. The third-order valence-electron chi connectivity index (χ3n) is 10.4. The summed E-state index contributed by atoms with van der Waals surface area (Å²) in [6, 6.07) is 13.4. The molecule has 1 fully saturated rings. The van der Waals surface area contributed by atoms with Crippen molar-refractivity contribution in [3.63, 3.8) is 0 Å². The van der Waals surface area contributed by atoms with Crippen LogP contribution in [0.2, 0.25) is 0 Å². The number of aliphatic hydroxyl groups is 1. The second kappa shape index (κ2) is 19.4. The van der Waals surface area contributed by atoms with Gasteiger partial charge in [0.1, 0.15) is 35.3 Å². The molecule has 67 heavy (non-hydrogen) atoms. The number of hydrogen-bond acceptors (Lipinski definition) is 17. The number of nitrogens with one attached hydrogen (secondary N) is 3. The molecule has 7 rings (SSSR count). The van der Waals surface area contributed by atoms with Gasteiger partial charge in [-0.3, -0.25) is 28.5 Å². The van der Waals surface area contributed by atoms with Gasteiger partial charge < -0.3 is 59.7 Å². The van der Waals surface area contributed by atoms with Crippen LogP contribution < -0.4 is 26.6 Å². The van der Waals surface area contributed by atoms with Gasteiger partial charge in [0.15, 0.2) is 5.60 Å². The highest BCUT2D eigenvalue weighted by atomic mass is 31.3. The molecule has 1 aromatic heterocycles. The Morgan fingerprint density at radius 3 is 2.21 bits per heavy atom. The largest absolute Gasteiger partial charge is 0.508 e. The number of fused-ring (bicyclic) bond motifs is 6. The lowest BCUT2D eigenvalue weighted by Gasteiger charge is -2.36. The van der Waals surface area contributed by atoms with Crippen molar-refractivity contribution >= 4 is 47.3 Å². The van der Waals surface area contributed by atoms with E-state index >= 15 is 0 Å². The summed E-state index contributed by atoms with van der Waals surface area (Å²) in [5, 5.41) is 36.1. The Morgan fingerprint density at radius 1 is 0.866 bits per heavy atom. The molecule has 25 nitrogen and oxygen atoms in total. The smallest absolute Gasteiger partial charge is 0.490 e. The molecule has 0 bridgehead atoms. The number of phenols is 2. The van der Waals surface area contributed by atoms with Gasteiger partial charge in [0.05, 0.1) is 23.8 Å². The first-order valence-electron chi connectivity index (χ1n) is 20.0. The fourth-order valence-corrected chi connectivity index (χ4v) is 10.6. The molecule has 4 aromatic rings. The van der Waals surface area contributed by atoms with E-state index < -0.39 is 77.2 Å². The summed E-state index contributed by atoms with van der Waals surface area (Å²) in [6.07, 6.45) is 1.09. The molecule has 1 spiro atoms. The van der Waals surface area contributed by atoms with E-state index in [1.165, 1.54) is 42.5 Å². The number of nitrogens with zero attached hydrogens (tertiary/aromatic N) is 1. The average Bonchev–Trinajstić information content (AvgIpc) is 3.74. The van der Waals surface area contributed by atoms with Crippen molar-refractivity contribution in [2.45, 2.75) is 56.1 Å². The van der Waals surface area contributed by atoms with E-state index in [0.717, 1.165) is 10.8 Å². The molecular formula is C39H41N4O21P3. The lowest BCUT2D eigenvalue weighted by molar-refractivity contribution is -0.121. The summed E-state index contributed by atoms with van der Waals surface area (Å²) < 4.78 is 64.6. The molecule has 5 atom stereocenters. The molecule has 3 aliphatic rings. The van der Waals surface area contributed by atoms with E-state index in [1.54, 1.807) is 24.3 Å². The van der Waals surface area contributed by atoms with E-state index in [0.29, 0.717) is 36.0 Å². The maximum Gasteiger partial charge on any atom is 0.490 e. The molecule has 10 N–H and O–H groups in total. The lowest BCUT2D eigenvalue weighted by atomic mass is 9.77. The van der Waals surface area contributed by atoms with Gasteiger partial charge in [0, 0.05) is 66.5 Å². The van der Waals surface area contributed by atoms with Gasteiger partial charge in [-0.1, -0.05) is 24.6 Å². The van der Waals surface area contributed by atoms with Gasteiger partial charge in [0.2, 0.25) is 5.91 Å². The molecule has 2 unspecified atom stereocenters. The summed E-state index contributed by atoms with van der Waals surface area (Å²) in [5.74, 6) is -1.17. The predicted molar refractivity (Wildman–Crippen MR) is 227 cm³/mol. The molecular weight excluding hydrogens is 953 g/mol. The number of ether oxygens (including phenoxy) is 3. The van der Waals surface area contributed by atoms with Gasteiger partial charge in [-0.25, -0.2) is 23.3 Å². The maximum absolute atomic E-state index is 13.4. The Balaban J connectivity index is 0.848. The van der Waals surface area contributed by atoms with Crippen LogP contribution in [0.3, 0.4) is 0 Å². The number of phosphoric acid groups is 3. The number of amides is 2. The first-order chi connectivity index (χ1) is 31.5. The topological polar surface area (TPSA) is 378 Å². The second-order valence-electron chi connectivity index (χ2n) is 15.1. The standard InChI is InChI=1S/C39H41N4O21P3/c44-23-8-11-27-30(16-23)60-31-17-24(45)9-12-28(31)39(27)26-10-7-21(15-25(26)37(50)62-39)35(48)41-13-3-1-2-6-33(47)40-14-4-5-22-19-43(38(51)42-36(22)49)34-18-29(46)32(61-34)20-59-66(55,56)64-67(57,58)63-65(52,53)54/h4-5,7-12,15-17,19,29,32,34,44-46H,1-3,6,13-14,18,20H2,(H,40,47)(H,41,48)(H,55,56)(H,57,58)(H,42,49,51)(H2,52,53,54)/t29-,32+,34+/m0/s1. The van der Waals surface area contributed by atoms with Crippen molar-refractivity contribution in [3.05, 3.63) is 121 Å². The fourth-order valence-electron chi connectivity index (χ4n) is 7.53. The van der Waals surface area contributed by atoms with E-state index in [1.807, 2.05) is 0 Å². The molecule has 4 heterocycles. The number of hydrogen-bond donors (Lipinski definition) is 10. The Hall–Kier alpha value is -5.78. The van der Waals surface area contributed by atoms with Crippen LogP contribution >= 0.6 is 23.5 Å². The summed E-state index contributed by atoms with van der Waals surface area (Å²) in [5.41, 5.74) is -1.60. The zero-order valence-electron chi connectivity index (χ0n) is 34.5. The van der Waals surface area contributed by atoms with Crippen LogP contribution in [-0.4, -0.2) is 94.1 Å². The van der Waals surface area contributed by atoms with Crippen LogP contribution in [-0.2, 0) is 46.7 Å². The summed E-state index contributed by atoms with van der Waals surface area (Å²) >= 11 is 0. The number of esters is 1. The number of phosphoric ester groups is 1. The molecule has 1 saturated heterocycles. The summed E-state index contributed by atoms with van der Waals surface area (Å²) in [6.45, 7) is -0.720. The second-order valence-corrected chi connectivity index (χ2v) is 19.6. The van der Waals surface area contributed by atoms with Crippen molar-refractivity contribution in [1.29, 1.82) is 0 Å². The van der Waals surface area contributed by atoms with E-state index in [4.69, 9.17) is 24.0 Å². The number of aromatic nitrogens is 2. The van der Waals surface area contributed by atoms with Gasteiger partial charge in [-0.2, -0.15) is 8.62 Å². The first kappa shape index (κ1) is 49.1. The monoisotopic (exact) mass is 994 g/mol. The fraction of sp³-hybridized carbons (Fsp3) is 0.308. The highest BCUT2D eigenvalue weighted by Crippen LogP contribution is 2.66. The molecule has 2 amide bonds. The van der Waals surface area contributed by atoms with Gasteiger partial charge in [-0.05, 0) is 49.2 Å². The molecule has 0 aliphatic carbocycles. The van der Waals surface area contributed by atoms with Crippen molar-refractivity contribution in [2.75, 3.05) is 19.7 Å². The van der Waals surface area contributed by atoms with Crippen molar-refractivity contribution in [3.8, 4) is 23.0 Å². The zero-order valence-corrected chi connectivity index (χ0v) is 37.1. The Kier molecular flexibility index (Phi) is 14.3. The third kappa shape index (κ3) is 11.3.